The summed E-state index contributed by atoms with van der Waals surface area (Å²) in [5.74, 6) is 0.0281. The molecule has 0 radical (unpaired) electrons. The molecule has 1 N–H and O–H groups in total. The van der Waals surface area contributed by atoms with Gasteiger partial charge in [0.05, 0.1) is 0 Å². The fourth-order valence-corrected chi connectivity index (χ4v) is 0.664. The van der Waals surface area contributed by atoms with Crippen LogP contribution in [0.3, 0.4) is 0 Å². The predicted octanol–water partition coefficient (Wildman–Crippen LogP) is 1.87. The molecule has 0 fully saturated rings. The molecule has 0 unspecified atom stereocenters. The summed E-state index contributed by atoms with van der Waals surface area (Å²) >= 11 is 0. The maximum Gasteiger partial charge on any atom is 0.243 e. The van der Waals surface area contributed by atoms with E-state index in [4.69, 9.17) is 0 Å². The van der Waals surface area contributed by atoms with Gasteiger partial charge in [-0.1, -0.05) is 26.3 Å². The van der Waals surface area contributed by atoms with Gasteiger partial charge in [-0.15, -0.1) is 0 Å². The van der Waals surface area contributed by atoms with Crippen molar-refractivity contribution in [1.29, 1.82) is 0 Å². The highest BCUT2D eigenvalue weighted by Crippen LogP contribution is 1.87. The van der Waals surface area contributed by atoms with Crippen molar-refractivity contribution in [3.63, 3.8) is 0 Å². The van der Waals surface area contributed by atoms with Crippen LogP contribution in [-0.4, -0.2) is 12.5 Å². The Morgan fingerprint density at radius 3 is 2.64 bits per heavy atom. The number of unbranched alkanes of at least 4 members (excludes halogenated alkanes) is 1. The Kier molecular flexibility index (Phi) is 6.79. The Bertz CT molecular complexity index is 130. The first-order valence-corrected chi connectivity index (χ1v) is 4.25. The van der Waals surface area contributed by atoms with E-state index in [1.807, 2.05) is 13.0 Å². The highest BCUT2D eigenvalue weighted by molar-refractivity contribution is 5.87. The van der Waals surface area contributed by atoms with Crippen LogP contribution in [0, 0.1) is 0 Å². The molecule has 2 nitrogen and oxygen atoms in total. The van der Waals surface area contributed by atoms with Crippen molar-refractivity contribution in [2.45, 2.75) is 33.1 Å². The molecule has 0 saturated heterocycles. The zero-order valence-corrected chi connectivity index (χ0v) is 7.39. The average Bonchev–Trinajstić information content (AvgIpc) is 2.01. The van der Waals surface area contributed by atoms with E-state index in [-0.39, 0.29) is 5.91 Å². The minimum absolute atomic E-state index is 0.0281. The van der Waals surface area contributed by atoms with E-state index in [9.17, 15) is 4.79 Å². The second-order valence-electron chi connectivity index (χ2n) is 2.48. The summed E-state index contributed by atoms with van der Waals surface area (Å²) in [5, 5.41) is 2.77. The van der Waals surface area contributed by atoms with Gasteiger partial charge < -0.3 is 5.32 Å². The summed E-state index contributed by atoms with van der Waals surface area (Å²) in [4.78, 5) is 10.9. The quantitative estimate of drug-likeness (QED) is 0.603. The Balaban J connectivity index is 3.35. The standard InChI is InChI=1S/C9H17NO/c1-3-5-6-7-9(11)10-8-4-2/h6-7H,3-5,8H2,1-2H3,(H,10,11). The van der Waals surface area contributed by atoms with E-state index in [0.29, 0.717) is 0 Å². The van der Waals surface area contributed by atoms with Crippen LogP contribution in [0.5, 0.6) is 0 Å². The van der Waals surface area contributed by atoms with Gasteiger partial charge >= 0.3 is 0 Å². The number of rotatable bonds is 5. The zero-order chi connectivity index (χ0) is 8.53. The molecule has 11 heavy (non-hydrogen) atoms. The van der Waals surface area contributed by atoms with Gasteiger partial charge in [0, 0.05) is 6.54 Å². The predicted molar refractivity (Wildman–Crippen MR) is 47.3 cm³/mol. The number of allylic oxidation sites excluding steroid dienone is 1. The summed E-state index contributed by atoms with van der Waals surface area (Å²) in [5.41, 5.74) is 0. The van der Waals surface area contributed by atoms with E-state index >= 15 is 0 Å². The zero-order valence-electron chi connectivity index (χ0n) is 7.39. The lowest BCUT2D eigenvalue weighted by Gasteiger charge is -1.96. The molecule has 0 aliphatic rings. The third-order valence-corrected chi connectivity index (χ3v) is 1.27. The molecule has 0 aliphatic carbocycles. The van der Waals surface area contributed by atoms with Gasteiger partial charge in [-0.3, -0.25) is 4.79 Å². The van der Waals surface area contributed by atoms with Crippen LogP contribution in [0.2, 0.25) is 0 Å². The van der Waals surface area contributed by atoms with Gasteiger partial charge in [0.2, 0.25) is 5.91 Å². The van der Waals surface area contributed by atoms with E-state index in [0.717, 1.165) is 25.8 Å². The van der Waals surface area contributed by atoms with Gasteiger partial charge in [-0.25, -0.2) is 0 Å². The maximum absolute atomic E-state index is 10.9. The minimum Gasteiger partial charge on any atom is -0.353 e. The van der Waals surface area contributed by atoms with Crippen LogP contribution in [0.4, 0.5) is 0 Å². The summed E-state index contributed by atoms with van der Waals surface area (Å²) in [6.45, 7) is 4.90. The van der Waals surface area contributed by atoms with E-state index < -0.39 is 0 Å². The highest BCUT2D eigenvalue weighted by atomic mass is 16.1. The van der Waals surface area contributed by atoms with Crippen molar-refractivity contribution < 1.29 is 4.79 Å². The number of hydrogen-bond donors (Lipinski definition) is 1. The largest absolute Gasteiger partial charge is 0.353 e. The number of carbonyl (C=O) groups excluding carboxylic acids is 1. The number of amides is 1. The van der Waals surface area contributed by atoms with Crippen LogP contribution in [0.15, 0.2) is 12.2 Å². The summed E-state index contributed by atoms with van der Waals surface area (Å²) in [6.07, 6.45) is 6.59. The third-order valence-electron chi connectivity index (χ3n) is 1.27. The molecule has 2 heteroatoms. The SMILES string of the molecule is CCCC=CC(=O)NCCC. The van der Waals surface area contributed by atoms with Crippen LogP contribution >= 0.6 is 0 Å². The van der Waals surface area contributed by atoms with Crippen LogP contribution in [0.25, 0.3) is 0 Å². The van der Waals surface area contributed by atoms with Crippen molar-refractivity contribution >= 4 is 5.91 Å². The monoisotopic (exact) mass is 155 g/mol. The first kappa shape index (κ1) is 10.2. The molecule has 0 bridgehead atoms. The topological polar surface area (TPSA) is 29.1 Å². The average molecular weight is 155 g/mol. The van der Waals surface area contributed by atoms with E-state index in [1.165, 1.54) is 0 Å². The number of hydrogen-bond acceptors (Lipinski definition) is 1. The summed E-state index contributed by atoms with van der Waals surface area (Å²) in [7, 11) is 0. The third kappa shape index (κ3) is 7.10. The second kappa shape index (κ2) is 7.32. The molecular weight excluding hydrogens is 138 g/mol. The van der Waals surface area contributed by atoms with Gasteiger partial charge in [-0.2, -0.15) is 0 Å². The molecule has 0 heterocycles. The van der Waals surface area contributed by atoms with Crippen LogP contribution in [0.1, 0.15) is 33.1 Å². The molecule has 0 rings (SSSR count). The first-order valence-electron chi connectivity index (χ1n) is 4.25. The molecule has 0 spiro atoms. The van der Waals surface area contributed by atoms with Crippen molar-refractivity contribution in [2.75, 3.05) is 6.54 Å². The fourth-order valence-electron chi connectivity index (χ4n) is 0.664. The molecule has 0 saturated carbocycles. The summed E-state index contributed by atoms with van der Waals surface area (Å²) < 4.78 is 0. The molecular formula is C9H17NO. The van der Waals surface area contributed by atoms with E-state index in [2.05, 4.69) is 12.2 Å². The smallest absolute Gasteiger partial charge is 0.243 e. The fraction of sp³-hybridized carbons (Fsp3) is 0.667. The second-order valence-corrected chi connectivity index (χ2v) is 2.48. The van der Waals surface area contributed by atoms with Crippen molar-refractivity contribution in [3.8, 4) is 0 Å². The lowest BCUT2D eigenvalue weighted by molar-refractivity contribution is -0.116. The Morgan fingerprint density at radius 1 is 1.36 bits per heavy atom. The molecule has 0 aromatic rings. The molecule has 0 atom stereocenters. The summed E-state index contributed by atoms with van der Waals surface area (Å²) in [6, 6.07) is 0. The first-order chi connectivity index (χ1) is 5.31. The van der Waals surface area contributed by atoms with Gasteiger partial charge in [-0.05, 0) is 18.9 Å². The van der Waals surface area contributed by atoms with Crippen molar-refractivity contribution in [2.24, 2.45) is 0 Å². The molecule has 0 aliphatic heterocycles. The lowest BCUT2D eigenvalue weighted by Crippen LogP contribution is -2.21. The van der Waals surface area contributed by atoms with Crippen molar-refractivity contribution in [1.82, 2.24) is 5.32 Å². The molecule has 64 valence electrons. The molecule has 1 amide bonds. The minimum atomic E-state index is 0.0281. The molecule has 0 aromatic heterocycles. The Morgan fingerprint density at radius 2 is 2.09 bits per heavy atom. The molecule has 0 aromatic carbocycles. The highest BCUT2D eigenvalue weighted by Gasteiger charge is 1.89. The lowest BCUT2D eigenvalue weighted by atomic mass is 10.3. The number of carbonyl (C=O) groups is 1. The Labute approximate surface area is 68.7 Å². The van der Waals surface area contributed by atoms with Crippen LogP contribution in [-0.2, 0) is 4.79 Å². The van der Waals surface area contributed by atoms with Crippen LogP contribution < -0.4 is 5.32 Å². The van der Waals surface area contributed by atoms with Gasteiger partial charge in [0.25, 0.3) is 0 Å². The van der Waals surface area contributed by atoms with Gasteiger partial charge in [0.1, 0.15) is 0 Å². The van der Waals surface area contributed by atoms with Crippen molar-refractivity contribution in [3.05, 3.63) is 12.2 Å². The Hall–Kier alpha value is -0.790. The normalized spacial score (nSPS) is 10.4. The number of nitrogens with one attached hydrogen (secondary N) is 1. The maximum atomic E-state index is 10.9. The van der Waals surface area contributed by atoms with E-state index in [1.54, 1.807) is 6.08 Å². The van der Waals surface area contributed by atoms with Gasteiger partial charge in [0.15, 0.2) is 0 Å².